The molecular formula is C18H18O3. The van der Waals surface area contributed by atoms with Crippen molar-refractivity contribution in [1.82, 2.24) is 0 Å². The molecule has 0 atom stereocenters. The molecule has 0 saturated heterocycles. The molecular weight excluding hydrogens is 264 g/mol. The summed E-state index contributed by atoms with van der Waals surface area (Å²) in [4.78, 5) is 11.0. The molecule has 3 nitrogen and oxygen atoms in total. The number of carboxylic acids is 1. The van der Waals surface area contributed by atoms with E-state index in [1.54, 1.807) is 6.08 Å². The Morgan fingerprint density at radius 3 is 2.57 bits per heavy atom. The summed E-state index contributed by atoms with van der Waals surface area (Å²) in [6.07, 6.45) is 2.17. The van der Waals surface area contributed by atoms with Crippen LogP contribution in [0, 0.1) is 0 Å². The number of ether oxygens (including phenoxy) is 1. The molecule has 0 saturated carbocycles. The third-order valence-electron chi connectivity index (χ3n) is 3.10. The monoisotopic (exact) mass is 282 g/mol. The Labute approximate surface area is 124 Å². The Morgan fingerprint density at radius 2 is 1.90 bits per heavy atom. The summed E-state index contributed by atoms with van der Waals surface area (Å²) in [5.74, 6) is -0.151. The fourth-order valence-corrected chi connectivity index (χ4v) is 1.95. The minimum absolute atomic E-state index is 0.384. The average molecular weight is 282 g/mol. The first-order chi connectivity index (χ1) is 10.2. The predicted molar refractivity (Wildman–Crippen MR) is 83.1 cm³/mol. The third kappa shape index (κ3) is 4.49. The molecule has 2 aromatic carbocycles. The lowest BCUT2D eigenvalue weighted by atomic mass is 10.1. The zero-order valence-electron chi connectivity index (χ0n) is 12.0. The van der Waals surface area contributed by atoms with Crippen LogP contribution in [-0.2, 0) is 11.4 Å². The molecule has 0 heterocycles. The van der Waals surface area contributed by atoms with Gasteiger partial charge in [-0.2, -0.15) is 0 Å². The van der Waals surface area contributed by atoms with E-state index in [-0.39, 0.29) is 0 Å². The van der Waals surface area contributed by atoms with Gasteiger partial charge >= 0.3 is 5.97 Å². The first-order valence-electron chi connectivity index (χ1n) is 6.89. The quantitative estimate of drug-likeness (QED) is 0.810. The zero-order chi connectivity index (χ0) is 15.1. The van der Waals surface area contributed by atoms with E-state index in [0.717, 1.165) is 16.9 Å². The SMILES string of the molecule is CC/C(=C\c1cccc(OCc2ccccc2)c1)C(=O)O. The number of hydrogen-bond donors (Lipinski definition) is 1. The molecule has 0 aliphatic carbocycles. The highest BCUT2D eigenvalue weighted by Gasteiger charge is 2.04. The Hall–Kier alpha value is -2.55. The molecule has 108 valence electrons. The van der Waals surface area contributed by atoms with Gasteiger partial charge in [-0.25, -0.2) is 4.79 Å². The van der Waals surface area contributed by atoms with Gasteiger partial charge < -0.3 is 9.84 Å². The van der Waals surface area contributed by atoms with Crippen LogP contribution in [0.25, 0.3) is 6.08 Å². The van der Waals surface area contributed by atoms with Crippen molar-refractivity contribution in [3.8, 4) is 5.75 Å². The molecule has 0 amide bonds. The summed E-state index contributed by atoms with van der Waals surface area (Å²) in [6.45, 7) is 2.32. The van der Waals surface area contributed by atoms with Gasteiger partial charge in [0.1, 0.15) is 12.4 Å². The van der Waals surface area contributed by atoms with Crippen molar-refractivity contribution in [3.05, 3.63) is 71.3 Å². The van der Waals surface area contributed by atoms with Crippen molar-refractivity contribution in [2.24, 2.45) is 0 Å². The van der Waals surface area contributed by atoms with Gasteiger partial charge in [0, 0.05) is 5.57 Å². The molecule has 0 spiro atoms. The van der Waals surface area contributed by atoms with Gasteiger partial charge in [-0.1, -0.05) is 49.4 Å². The summed E-state index contributed by atoms with van der Waals surface area (Å²) in [7, 11) is 0. The van der Waals surface area contributed by atoms with Crippen LogP contribution in [0.2, 0.25) is 0 Å². The largest absolute Gasteiger partial charge is 0.489 e. The van der Waals surface area contributed by atoms with Gasteiger partial charge in [0.2, 0.25) is 0 Å². The molecule has 2 rings (SSSR count). The van der Waals surface area contributed by atoms with Crippen LogP contribution in [-0.4, -0.2) is 11.1 Å². The van der Waals surface area contributed by atoms with E-state index in [4.69, 9.17) is 9.84 Å². The molecule has 0 radical (unpaired) electrons. The Kier molecular flexibility index (Phi) is 5.16. The van der Waals surface area contributed by atoms with Crippen LogP contribution in [0.15, 0.2) is 60.2 Å². The number of carboxylic acid groups (broad SMARTS) is 1. The van der Waals surface area contributed by atoms with Crippen molar-refractivity contribution in [3.63, 3.8) is 0 Å². The maximum Gasteiger partial charge on any atom is 0.331 e. The lowest BCUT2D eigenvalue weighted by Gasteiger charge is -2.07. The maximum absolute atomic E-state index is 11.0. The van der Waals surface area contributed by atoms with Crippen LogP contribution in [0.4, 0.5) is 0 Å². The van der Waals surface area contributed by atoms with Gasteiger partial charge in [0.05, 0.1) is 0 Å². The molecule has 1 N–H and O–H groups in total. The van der Waals surface area contributed by atoms with E-state index in [9.17, 15) is 4.79 Å². The Balaban J connectivity index is 2.09. The van der Waals surface area contributed by atoms with E-state index in [1.807, 2.05) is 61.5 Å². The fraction of sp³-hybridized carbons (Fsp3) is 0.167. The summed E-state index contributed by atoms with van der Waals surface area (Å²) >= 11 is 0. The second-order valence-corrected chi connectivity index (χ2v) is 4.68. The van der Waals surface area contributed by atoms with Gasteiger partial charge in [-0.3, -0.25) is 0 Å². The highest BCUT2D eigenvalue weighted by atomic mass is 16.5. The van der Waals surface area contributed by atoms with Crippen molar-refractivity contribution in [1.29, 1.82) is 0 Å². The Bertz CT molecular complexity index is 630. The van der Waals surface area contributed by atoms with Gasteiger partial charge in [0.15, 0.2) is 0 Å². The first-order valence-corrected chi connectivity index (χ1v) is 6.89. The molecule has 0 unspecified atom stereocenters. The van der Waals surface area contributed by atoms with Gasteiger partial charge in [-0.05, 0) is 35.8 Å². The van der Waals surface area contributed by atoms with Gasteiger partial charge in [-0.15, -0.1) is 0 Å². The molecule has 0 bridgehead atoms. The molecule has 21 heavy (non-hydrogen) atoms. The molecule has 0 aromatic heterocycles. The standard InChI is InChI=1S/C18H18O3/c1-2-16(18(19)20)11-15-9-6-10-17(12-15)21-13-14-7-4-3-5-8-14/h3-12H,2,13H2,1H3,(H,19,20)/b16-11+. The lowest BCUT2D eigenvalue weighted by Crippen LogP contribution is -1.99. The second-order valence-electron chi connectivity index (χ2n) is 4.68. The summed E-state index contributed by atoms with van der Waals surface area (Å²) in [5, 5.41) is 9.06. The van der Waals surface area contributed by atoms with Crippen LogP contribution >= 0.6 is 0 Å². The molecule has 0 aliphatic rings. The van der Waals surface area contributed by atoms with E-state index >= 15 is 0 Å². The van der Waals surface area contributed by atoms with E-state index < -0.39 is 5.97 Å². The summed E-state index contributed by atoms with van der Waals surface area (Å²) < 4.78 is 5.73. The highest BCUT2D eigenvalue weighted by Crippen LogP contribution is 2.18. The lowest BCUT2D eigenvalue weighted by molar-refractivity contribution is -0.132. The highest BCUT2D eigenvalue weighted by molar-refractivity contribution is 5.92. The van der Waals surface area contributed by atoms with E-state index in [0.29, 0.717) is 18.6 Å². The Morgan fingerprint density at radius 1 is 1.14 bits per heavy atom. The molecule has 0 fully saturated rings. The zero-order valence-corrected chi connectivity index (χ0v) is 12.0. The van der Waals surface area contributed by atoms with Crippen molar-refractivity contribution < 1.29 is 14.6 Å². The fourth-order valence-electron chi connectivity index (χ4n) is 1.95. The number of rotatable bonds is 6. The number of aliphatic carboxylic acids is 1. The van der Waals surface area contributed by atoms with Crippen LogP contribution in [0.3, 0.4) is 0 Å². The van der Waals surface area contributed by atoms with Crippen molar-refractivity contribution in [2.45, 2.75) is 20.0 Å². The first kappa shape index (κ1) is 14.9. The minimum Gasteiger partial charge on any atom is -0.489 e. The predicted octanol–water partition coefficient (Wildman–Crippen LogP) is 4.14. The number of carbonyl (C=O) groups is 1. The summed E-state index contributed by atoms with van der Waals surface area (Å²) in [6, 6.07) is 17.4. The van der Waals surface area contributed by atoms with E-state index in [1.165, 1.54) is 0 Å². The van der Waals surface area contributed by atoms with Crippen molar-refractivity contribution >= 4 is 12.0 Å². The van der Waals surface area contributed by atoms with Crippen LogP contribution in [0.5, 0.6) is 5.75 Å². The second kappa shape index (κ2) is 7.29. The number of hydrogen-bond acceptors (Lipinski definition) is 2. The molecule has 2 aromatic rings. The third-order valence-corrected chi connectivity index (χ3v) is 3.10. The van der Waals surface area contributed by atoms with Gasteiger partial charge in [0.25, 0.3) is 0 Å². The molecule has 0 aliphatic heterocycles. The summed E-state index contributed by atoms with van der Waals surface area (Å²) in [5.41, 5.74) is 2.31. The average Bonchev–Trinajstić information content (AvgIpc) is 2.52. The maximum atomic E-state index is 11.0. The number of benzene rings is 2. The molecule has 3 heteroatoms. The van der Waals surface area contributed by atoms with Crippen molar-refractivity contribution in [2.75, 3.05) is 0 Å². The minimum atomic E-state index is -0.881. The van der Waals surface area contributed by atoms with Crippen LogP contribution < -0.4 is 4.74 Å². The van der Waals surface area contributed by atoms with Crippen LogP contribution in [0.1, 0.15) is 24.5 Å². The normalized spacial score (nSPS) is 11.2. The van der Waals surface area contributed by atoms with E-state index in [2.05, 4.69) is 0 Å². The smallest absolute Gasteiger partial charge is 0.331 e. The topological polar surface area (TPSA) is 46.5 Å².